The van der Waals surface area contributed by atoms with Crippen LogP contribution in [0.4, 0.5) is 5.82 Å². The standard InChI is InChI=1S/C18H31N3O5/c1-17(2,3)24-10-11-13(26-18(4,5)6)14(23-7)15(25-11)21-9-8-12(19)20-16(21)22/h8-9,11,13-15H,10H2,1-7H3,(H2,19,20,22)/t11-,13?,14+,15-/m1/s1. The average molecular weight is 369 g/mol. The van der Waals surface area contributed by atoms with Crippen molar-refractivity contribution in [2.24, 2.45) is 0 Å². The predicted molar refractivity (Wildman–Crippen MR) is 97.9 cm³/mol. The summed E-state index contributed by atoms with van der Waals surface area (Å²) in [5.74, 6) is 0.160. The van der Waals surface area contributed by atoms with Gasteiger partial charge in [0.15, 0.2) is 6.23 Å². The highest BCUT2D eigenvalue weighted by Crippen LogP contribution is 2.35. The van der Waals surface area contributed by atoms with E-state index in [1.165, 1.54) is 4.57 Å². The van der Waals surface area contributed by atoms with E-state index in [9.17, 15) is 4.79 Å². The van der Waals surface area contributed by atoms with Crippen LogP contribution in [0.3, 0.4) is 0 Å². The van der Waals surface area contributed by atoms with E-state index in [2.05, 4.69) is 4.98 Å². The molecule has 1 aromatic heterocycles. The molecule has 0 radical (unpaired) electrons. The molecule has 1 aliphatic rings. The second kappa shape index (κ2) is 7.64. The summed E-state index contributed by atoms with van der Waals surface area (Å²) in [7, 11) is 1.57. The lowest BCUT2D eigenvalue weighted by Crippen LogP contribution is -2.44. The number of rotatable bonds is 5. The first-order valence-electron chi connectivity index (χ1n) is 8.76. The van der Waals surface area contributed by atoms with Gasteiger partial charge in [-0.05, 0) is 47.6 Å². The Balaban J connectivity index is 2.33. The van der Waals surface area contributed by atoms with Crippen molar-refractivity contribution in [1.82, 2.24) is 9.55 Å². The third kappa shape index (κ3) is 5.26. The zero-order valence-corrected chi connectivity index (χ0v) is 16.7. The van der Waals surface area contributed by atoms with Crippen LogP contribution < -0.4 is 11.4 Å². The summed E-state index contributed by atoms with van der Waals surface area (Å²) < 4.78 is 25.3. The highest BCUT2D eigenvalue weighted by molar-refractivity contribution is 5.23. The number of aromatic nitrogens is 2. The molecular formula is C18H31N3O5. The number of methoxy groups -OCH3 is 1. The van der Waals surface area contributed by atoms with Gasteiger partial charge in [-0.3, -0.25) is 4.57 Å². The van der Waals surface area contributed by atoms with Gasteiger partial charge < -0.3 is 24.7 Å². The first kappa shape index (κ1) is 20.8. The highest BCUT2D eigenvalue weighted by atomic mass is 16.6. The van der Waals surface area contributed by atoms with Crippen LogP contribution in [0.1, 0.15) is 47.8 Å². The molecule has 148 valence electrons. The van der Waals surface area contributed by atoms with Crippen LogP contribution in [-0.4, -0.2) is 52.8 Å². The van der Waals surface area contributed by atoms with Crippen molar-refractivity contribution in [1.29, 1.82) is 0 Å². The third-order valence-electron chi connectivity index (χ3n) is 3.85. The quantitative estimate of drug-likeness (QED) is 0.844. The van der Waals surface area contributed by atoms with Gasteiger partial charge >= 0.3 is 5.69 Å². The Morgan fingerprint density at radius 1 is 1.19 bits per heavy atom. The Bertz CT molecular complexity index is 662. The summed E-state index contributed by atoms with van der Waals surface area (Å²) in [5.41, 5.74) is 4.35. The van der Waals surface area contributed by atoms with Gasteiger partial charge in [0.25, 0.3) is 0 Å². The molecule has 0 saturated carbocycles. The van der Waals surface area contributed by atoms with E-state index in [-0.39, 0.29) is 11.4 Å². The van der Waals surface area contributed by atoms with Crippen LogP contribution in [-0.2, 0) is 18.9 Å². The zero-order chi connectivity index (χ0) is 19.7. The first-order chi connectivity index (χ1) is 11.9. The molecule has 1 aliphatic heterocycles. The van der Waals surface area contributed by atoms with Crippen molar-refractivity contribution < 1.29 is 18.9 Å². The Morgan fingerprint density at radius 2 is 1.85 bits per heavy atom. The van der Waals surface area contributed by atoms with E-state index in [4.69, 9.17) is 24.7 Å². The average Bonchev–Trinajstić information content (AvgIpc) is 2.80. The summed E-state index contributed by atoms with van der Waals surface area (Å²) in [6, 6.07) is 1.55. The van der Waals surface area contributed by atoms with Crippen molar-refractivity contribution >= 4 is 5.82 Å². The molecule has 8 nitrogen and oxygen atoms in total. The van der Waals surface area contributed by atoms with Gasteiger partial charge in [-0.1, -0.05) is 0 Å². The lowest BCUT2D eigenvalue weighted by Gasteiger charge is -2.31. The second-order valence-corrected chi connectivity index (χ2v) is 8.43. The Kier molecular flexibility index (Phi) is 6.12. The molecule has 26 heavy (non-hydrogen) atoms. The molecule has 1 unspecified atom stereocenters. The van der Waals surface area contributed by atoms with Crippen LogP contribution in [0, 0.1) is 0 Å². The smallest absolute Gasteiger partial charge is 0.351 e. The minimum absolute atomic E-state index is 0.160. The maximum atomic E-state index is 12.3. The molecule has 0 bridgehead atoms. The van der Waals surface area contributed by atoms with Crippen LogP contribution >= 0.6 is 0 Å². The van der Waals surface area contributed by atoms with E-state index in [1.54, 1.807) is 19.4 Å². The third-order valence-corrected chi connectivity index (χ3v) is 3.85. The molecule has 1 fully saturated rings. The fraction of sp³-hybridized carbons (Fsp3) is 0.778. The van der Waals surface area contributed by atoms with Crippen LogP contribution in [0.5, 0.6) is 0 Å². The lowest BCUT2D eigenvalue weighted by molar-refractivity contribution is -0.140. The van der Waals surface area contributed by atoms with Gasteiger partial charge in [0, 0.05) is 13.3 Å². The van der Waals surface area contributed by atoms with Gasteiger partial charge in [-0.25, -0.2) is 4.79 Å². The molecule has 2 N–H and O–H groups in total. The van der Waals surface area contributed by atoms with Gasteiger partial charge in [0.1, 0.15) is 24.1 Å². The zero-order valence-electron chi connectivity index (χ0n) is 16.7. The number of nitrogens with two attached hydrogens (primary N) is 1. The fourth-order valence-electron chi connectivity index (χ4n) is 2.82. The fourth-order valence-corrected chi connectivity index (χ4v) is 2.82. The molecule has 2 rings (SSSR count). The molecule has 1 aromatic rings. The Morgan fingerprint density at radius 3 is 2.35 bits per heavy atom. The van der Waals surface area contributed by atoms with Crippen molar-refractivity contribution in [3.63, 3.8) is 0 Å². The SMILES string of the molecule is CO[C@H]1C(OC(C)(C)C)[C@@H](COC(C)(C)C)O[C@H]1n1ccc(N)nc1=O. The normalized spacial score (nSPS) is 27.0. The summed E-state index contributed by atoms with van der Waals surface area (Å²) in [6.07, 6.45) is -0.417. The monoisotopic (exact) mass is 369 g/mol. The molecule has 0 aromatic carbocycles. The largest absolute Gasteiger partial charge is 0.383 e. The highest BCUT2D eigenvalue weighted by Gasteiger charge is 2.49. The van der Waals surface area contributed by atoms with Gasteiger partial charge in [-0.15, -0.1) is 0 Å². The number of hydrogen-bond acceptors (Lipinski definition) is 7. The molecule has 2 heterocycles. The number of hydrogen-bond donors (Lipinski definition) is 1. The van der Waals surface area contributed by atoms with E-state index >= 15 is 0 Å². The van der Waals surface area contributed by atoms with Crippen molar-refractivity contribution in [3.8, 4) is 0 Å². The topological polar surface area (TPSA) is 97.8 Å². The second-order valence-electron chi connectivity index (χ2n) is 8.43. The molecule has 0 spiro atoms. The molecule has 4 atom stereocenters. The van der Waals surface area contributed by atoms with Crippen LogP contribution in [0.15, 0.2) is 17.1 Å². The number of nitrogen functional groups attached to an aromatic ring is 1. The summed E-state index contributed by atoms with van der Waals surface area (Å²) >= 11 is 0. The number of nitrogens with zero attached hydrogens (tertiary/aromatic N) is 2. The van der Waals surface area contributed by atoms with E-state index in [0.29, 0.717) is 6.61 Å². The summed E-state index contributed by atoms with van der Waals surface area (Å²) in [5, 5.41) is 0. The maximum Gasteiger partial charge on any atom is 0.351 e. The van der Waals surface area contributed by atoms with Gasteiger partial charge in [0.05, 0.1) is 17.8 Å². The molecule has 0 amide bonds. The summed E-state index contributed by atoms with van der Waals surface area (Å²) in [4.78, 5) is 16.0. The van der Waals surface area contributed by atoms with Gasteiger partial charge in [0.2, 0.25) is 0 Å². The van der Waals surface area contributed by atoms with Crippen LogP contribution in [0.2, 0.25) is 0 Å². The first-order valence-corrected chi connectivity index (χ1v) is 8.76. The number of ether oxygens (including phenoxy) is 4. The molecular weight excluding hydrogens is 338 g/mol. The minimum atomic E-state index is -0.679. The Labute approximate surface area is 154 Å². The number of anilines is 1. The van der Waals surface area contributed by atoms with Crippen LogP contribution in [0.25, 0.3) is 0 Å². The summed E-state index contributed by atoms with van der Waals surface area (Å²) in [6.45, 7) is 12.1. The van der Waals surface area contributed by atoms with Gasteiger partial charge in [-0.2, -0.15) is 4.98 Å². The lowest BCUT2D eigenvalue weighted by atomic mass is 10.1. The molecule has 1 saturated heterocycles. The molecule has 8 heteroatoms. The van der Waals surface area contributed by atoms with Crippen molar-refractivity contribution in [2.75, 3.05) is 19.5 Å². The van der Waals surface area contributed by atoms with E-state index < -0.39 is 35.8 Å². The maximum absolute atomic E-state index is 12.3. The van der Waals surface area contributed by atoms with E-state index in [0.717, 1.165) is 0 Å². The minimum Gasteiger partial charge on any atom is -0.383 e. The Hall–Kier alpha value is -1.48. The molecule has 0 aliphatic carbocycles. The predicted octanol–water partition coefficient (Wildman–Crippen LogP) is 1.74. The van der Waals surface area contributed by atoms with Crippen molar-refractivity contribution in [2.45, 2.75) is 77.3 Å². The van der Waals surface area contributed by atoms with E-state index in [1.807, 2.05) is 41.5 Å². The van der Waals surface area contributed by atoms with Crippen molar-refractivity contribution in [3.05, 3.63) is 22.7 Å².